The Morgan fingerprint density at radius 3 is 2.84 bits per heavy atom. The maximum atomic E-state index is 12.0. The summed E-state index contributed by atoms with van der Waals surface area (Å²) in [6, 6.07) is 6.21. The van der Waals surface area contributed by atoms with Crippen molar-refractivity contribution >= 4 is 15.7 Å². The maximum Gasteiger partial charge on any atom is 0.240 e. The van der Waals surface area contributed by atoms with E-state index in [9.17, 15) is 8.42 Å². The average molecular weight is 280 g/mol. The molecule has 0 aliphatic carbocycles. The standard InChI is InChI=1S/C12H16N4O2S/c1-16-8-7-14-12(16)5-6-15-19(17,18)11-4-2-3-10(13)9-11/h2-4,7-9,15H,5-6,13H2,1H3. The predicted molar refractivity (Wildman–Crippen MR) is 73.0 cm³/mol. The van der Waals surface area contributed by atoms with Crippen LogP contribution < -0.4 is 10.5 Å². The first-order valence-corrected chi connectivity index (χ1v) is 7.29. The third-order valence-corrected chi connectivity index (χ3v) is 4.19. The van der Waals surface area contributed by atoms with Gasteiger partial charge in [-0.25, -0.2) is 18.1 Å². The molecule has 1 aromatic heterocycles. The molecule has 1 aromatic carbocycles. The lowest BCUT2D eigenvalue weighted by Gasteiger charge is -2.07. The van der Waals surface area contributed by atoms with Gasteiger partial charge >= 0.3 is 0 Å². The molecular weight excluding hydrogens is 264 g/mol. The first kappa shape index (κ1) is 13.6. The largest absolute Gasteiger partial charge is 0.399 e. The van der Waals surface area contributed by atoms with E-state index in [0.29, 0.717) is 18.7 Å². The Morgan fingerprint density at radius 1 is 1.42 bits per heavy atom. The van der Waals surface area contributed by atoms with E-state index in [4.69, 9.17) is 5.73 Å². The van der Waals surface area contributed by atoms with E-state index in [1.54, 1.807) is 18.3 Å². The Balaban J connectivity index is 2.01. The maximum absolute atomic E-state index is 12.0. The van der Waals surface area contributed by atoms with Crippen molar-refractivity contribution in [3.05, 3.63) is 42.5 Å². The van der Waals surface area contributed by atoms with E-state index in [-0.39, 0.29) is 4.90 Å². The SMILES string of the molecule is Cn1ccnc1CCNS(=O)(=O)c1cccc(N)c1. The molecule has 0 fully saturated rings. The van der Waals surface area contributed by atoms with Crippen LogP contribution in [0.15, 0.2) is 41.6 Å². The third kappa shape index (κ3) is 3.33. The van der Waals surface area contributed by atoms with Crippen molar-refractivity contribution in [1.29, 1.82) is 0 Å². The van der Waals surface area contributed by atoms with Crippen molar-refractivity contribution in [3.8, 4) is 0 Å². The van der Waals surface area contributed by atoms with Crippen LogP contribution in [0.3, 0.4) is 0 Å². The van der Waals surface area contributed by atoms with E-state index < -0.39 is 10.0 Å². The zero-order chi connectivity index (χ0) is 13.9. The van der Waals surface area contributed by atoms with E-state index in [1.165, 1.54) is 12.1 Å². The number of nitrogen functional groups attached to an aromatic ring is 1. The number of hydrogen-bond acceptors (Lipinski definition) is 4. The monoisotopic (exact) mass is 280 g/mol. The molecule has 2 aromatic rings. The predicted octanol–water partition coefficient (Wildman–Crippen LogP) is 0.523. The molecule has 0 aliphatic rings. The number of imidazole rings is 1. The van der Waals surface area contributed by atoms with Crippen LogP contribution in [-0.4, -0.2) is 24.5 Å². The van der Waals surface area contributed by atoms with Crippen LogP contribution in [0.5, 0.6) is 0 Å². The summed E-state index contributed by atoms with van der Waals surface area (Å²) >= 11 is 0. The lowest BCUT2D eigenvalue weighted by Crippen LogP contribution is -2.26. The molecule has 0 spiro atoms. The van der Waals surface area contributed by atoms with E-state index in [0.717, 1.165) is 5.82 Å². The van der Waals surface area contributed by atoms with Crippen LogP contribution in [0.2, 0.25) is 0 Å². The molecule has 19 heavy (non-hydrogen) atoms. The average Bonchev–Trinajstić information content (AvgIpc) is 2.75. The highest BCUT2D eigenvalue weighted by molar-refractivity contribution is 7.89. The molecule has 1 heterocycles. The summed E-state index contributed by atoms with van der Waals surface area (Å²) in [5.41, 5.74) is 6.00. The Bertz CT molecular complexity index is 664. The number of rotatable bonds is 5. The number of nitrogens with one attached hydrogen (secondary N) is 1. The zero-order valence-corrected chi connectivity index (χ0v) is 11.4. The van der Waals surface area contributed by atoms with Gasteiger partial charge in [-0.3, -0.25) is 0 Å². The van der Waals surface area contributed by atoms with Crippen LogP contribution in [0.25, 0.3) is 0 Å². The van der Waals surface area contributed by atoms with Gasteiger partial charge < -0.3 is 10.3 Å². The summed E-state index contributed by atoms with van der Waals surface area (Å²) in [4.78, 5) is 4.30. The molecule has 0 saturated heterocycles. The number of nitrogens with two attached hydrogens (primary N) is 1. The van der Waals surface area contributed by atoms with Crippen molar-refractivity contribution in [2.24, 2.45) is 7.05 Å². The molecule has 0 bridgehead atoms. The highest BCUT2D eigenvalue weighted by Gasteiger charge is 2.13. The van der Waals surface area contributed by atoms with Crippen LogP contribution in [0.4, 0.5) is 5.69 Å². The first-order chi connectivity index (χ1) is 8.99. The second-order valence-corrected chi connectivity index (χ2v) is 5.94. The number of sulfonamides is 1. The van der Waals surface area contributed by atoms with Crippen LogP contribution in [0.1, 0.15) is 5.82 Å². The van der Waals surface area contributed by atoms with Gasteiger partial charge in [-0.2, -0.15) is 0 Å². The minimum absolute atomic E-state index is 0.173. The smallest absolute Gasteiger partial charge is 0.240 e. The molecule has 7 heteroatoms. The molecule has 0 unspecified atom stereocenters. The zero-order valence-electron chi connectivity index (χ0n) is 10.6. The van der Waals surface area contributed by atoms with Gasteiger partial charge in [0.2, 0.25) is 10.0 Å². The number of hydrogen-bond donors (Lipinski definition) is 2. The lowest BCUT2D eigenvalue weighted by atomic mass is 10.3. The summed E-state index contributed by atoms with van der Waals surface area (Å²) in [5.74, 6) is 0.829. The Hall–Kier alpha value is -1.86. The molecule has 102 valence electrons. The van der Waals surface area contributed by atoms with Gasteiger partial charge in [0, 0.05) is 38.1 Å². The molecule has 2 rings (SSSR count). The second kappa shape index (κ2) is 5.41. The molecule has 6 nitrogen and oxygen atoms in total. The Kier molecular flexibility index (Phi) is 3.87. The highest BCUT2D eigenvalue weighted by Crippen LogP contribution is 2.12. The fourth-order valence-corrected chi connectivity index (χ4v) is 2.79. The quantitative estimate of drug-likeness (QED) is 0.781. The normalized spacial score (nSPS) is 11.6. The summed E-state index contributed by atoms with van der Waals surface area (Å²) in [6.45, 7) is 0.294. The second-order valence-electron chi connectivity index (χ2n) is 4.17. The van der Waals surface area contributed by atoms with E-state index in [2.05, 4.69) is 9.71 Å². The third-order valence-electron chi connectivity index (χ3n) is 2.73. The highest BCUT2D eigenvalue weighted by atomic mass is 32.2. The fourth-order valence-electron chi connectivity index (χ4n) is 1.70. The summed E-state index contributed by atoms with van der Waals surface area (Å²) in [7, 11) is -1.65. The summed E-state index contributed by atoms with van der Waals surface area (Å²) < 4.78 is 28.4. The van der Waals surface area contributed by atoms with Gasteiger partial charge in [-0.05, 0) is 18.2 Å². The molecule has 0 atom stereocenters. The van der Waals surface area contributed by atoms with Gasteiger partial charge in [0.05, 0.1) is 4.90 Å². The van der Waals surface area contributed by atoms with Crippen molar-refractivity contribution in [3.63, 3.8) is 0 Å². The van der Waals surface area contributed by atoms with Gasteiger partial charge in [0.25, 0.3) is 0 Å². The Morgan fingerprint density at radius 2 is 2.21 bits per heavy atom. The molecular formula is C12H16N4O2S. The van der Waals surface area contributed by atoms with Gasteiger partial charge in [0.1, 0.15) is 5.82 Å². The molecule has 3 N–H and O–H groups in total. The number of aromatic nitrogens is 2. The van der Waals surface area contributed by atoms with Crippen molar-refractivity contribution in [2.75, 3.05) is 12.3 Å². The number of anilines is 1. The number of aryl methyl sites for hydroxylation is 1. The van der Waals surface area contributed by atoms with Crippen LogP contribution in [-0.2, 0) is 23.5 Å². The number of benzene rings is 1. The fraction of sp³-hybridized carbons (Fsp3) is 0.250. The van der Waals surface area contributed by atoms with Crippen LogP contribution in [0, 0.1) is 0 Å². The van der Waals surface area contributed by atoms with Crippen molar-refractivity contribution < 1.29 is 8.42 Å². The molecule has 0 amide bonds. The van der Waals surface area contributed by atoms with Crippen molar-refractivity contribution in [1.82, 2.24) is 14.3 Å². The summed E-state index contributed by atoms with van der Waals surface area (Å²) in [5, 5.41) is 0. The topological polar surface area (TPSA) is 90.0 Å². The van der Waals surface area contributed by atoms with Crippen molar-refractivity contribution in [2.45, 2.75) is 11.3 Å². The van der Waals surface area contributed by atoms with E-state index >= 15 is 0 Å². The number of nitrogens with zero attached hydrogens (tertiary/aromatic N) is 2. The molecule has 0 radical (unpaired) electrons. The first-order valence-electron chi connectivity index (χ1n) is 5.80. The molecule has 0 aliphatic heterocycles. The van der Waals surface area contributed by atoms with Gasteiger partial charge in [-0.1, -0.05) is 6.07 Å². The minimum atomic E-state index is -3.52. The van der Waals surface area contributed by atoms with Crippen LogP contribution >= 0.6 is 0 Å². The van der Waals surface area contributed by atoms with E-state index in [1.807, 2.05) is 17.8 Å². The lowest BCUT2D eigenvalue weighted by molar-refractivity contribution is 0.580. The molecule has 0 saturated carbocycles. The van der Waals surface area contributed by atoms with Gasteiger partial charge in [-0.15, -0.1) is 0 Å². The van der Waals surface area contributed by atoms with Gasteiger partial charge in [0.15, 0.2) is 0 Å². The minimum Gasteiger partial charge on any atom is -0.399 e. The summed E-state index contributed by atoms with van der Waals surface area (Å²) in [6.07, 6.45) is 4.04. The Labute approximate surface area is 112 Å².